The predicted molar refractivity (Wildman–Crippen MR) is 49.5 cm³/mol. The van der Waals surface area contributed by atoms with Gasteiger partial charge in [0.1, 0.15) is 12.4 Å². The number of aryl methyl sites for hydroxylation is 1. The SMILES string of the molecule is Cc1sccc1C(O)c1ncn[nH]1. The highest BCUT2D eigenvalue weighted by Gasteiger charge is 2.15. The number of hydrogen-bond acceptors (Lipinski definition) is 4. The zero-order chi connectivity index (χ0) is 9.26. The first-order valence-corrected chi connectivity index (χ1v) is 4.74. The van der Waals surface area contributed by atoms with Crippen LogP contribution in [0.15, 0.2) is 17.8 Å². The Bertz CT molecular complexity index is 382. The number of aliphatic hydroxyl groups is 1. The van der Waals surface area contributed by atoms with Gasteiger partial charge in [-0.05, 0) is 18.4 Å². The highest BCUT2D eigenvalue weighted by Crippen LogP contribution is 2.25. The van der Waals surface area contributed by atoms with E-state index in [0.717, 1.165) is 10.4 Å². The van der Waals surface area contributed by atoms with Crippen LogP contribution in [-0.2, 0) is 0 Å². The van der Waals surface area contributed by atoms with Crippen LogP contribution in [0, 0.1) is 6.92 Å². The van der Waals surface area contributed by atoms with Crippen molar-refractivity contribution in [3.05, 3.63) is 34.0 Å². The van der Waals surface area contributed by atoms with Gasteiger partial charge in [-0.3, -0.25) is 5.10 Å². The number of H-pyrrole nitrogens is 1. The molecule has 2 rings (SSSR count). The molecule has 0 fully saturated rings. The van der Waals surface area contributed by atoms with E-state index in [1.165, 1.54) is 6.33 Å². The van der Waals surface area contributed by atoms with Crippen LogP contribution in [0.25, 0.3) is 0 Å². The van der Waals surface area contributed by atoms with Gasteiger partial charge in [0.05, 0.1) is 0 Å². The Morgan fingerprint density at radius 3 is 3.00 bits per heavy atom. The van der Waals surface area contributed by atoms with Gasteiger partial charge in [-0.1, -0.05) is 0 Å². The van der Waals surface area contributed by atoms with Crippen molar-refractivity contribution in [2.24, 2.45) is 0 Å². The minimum atomic E-state index is -0.686. The van der Waals surface area contributed by atoms with Crippen molar-refractivity contribution in [2.45, 2.75) is 13.0 Å². The average molecular weight is 195 g/mol. The van der Waals surface area contributed by atoms with Crippen molar-refractivity contribution < 1.29 is 5.11 Å². The van der Waals surface area contributed by atoms with E-state index in [-0.39, 0.29) is 0 Å². The Balaban J connectivity index is 2.33. The molecular formula is C8H9N3OS. The summed E-state index contributed by atoms with van der Waals surface area (Å²) < 4.78 is 0. The highest BCUT2D eigenvalue weighted by atomic mass is 32.1. The minimum Gasteiger partial charge on any atom is -0.380 e. The maximum absolute atomic E-state index is 9.82. The molecule has 2 heterocycles. The van der Waals surface area contributed by atoms with Gasteiger partial charge >= 0.3 is 0 Å². The summed E-state index contributed by atoms with van der Waals surface area (Å²) in [6.45, 7) is 1.97. The van der Waals surface area contributed by atoms with Crippen molar-refractivity contribution >= 4 is 11.3 Å². The number of thiophene rings is 1. The number of aliphatic hydroxyl groups excluding tert-OH is 1. The average Bonchev–Trinajstić information content (AvgIpc) is 2.72. The van der Waals surface area contributed by atoms with E-state index in [9.17, 15) is 5.11 Å². The van der Waals surface area contributed by atoms with Gasteiger partial charge in [0.15, 0.2) is 5.82 Å². The summed E-state index contributed by atoms with van der Waals surface area (Å²) in [4.78, 5) is 5.00. The first-order chi connectivity index (χ1) is 6.29. The summed E-state index contributed by atoms with van der Waals surface area (Å²) in [5.74, 6) is 0.488. The number of hydrogen-bond donors (Lipinski definition) is 2. The third-order valence-corrected chi connectivity index (χ3v) is 2.75. The smallest absolute Gasteiger partial charge is 0.157 e. The topological polar surface area (TPSA) is 61.8 Å². The second-order valence-corrected chi connectivity index (χ2v) is 3.83. The largest absolute Gasteiger partial charge is 0.380 e. The first kappa shape index (κ1) is 8.40. The lowest BCUT2D eigenvalue weighted by Gasteiger charge is -2.05. The fourth-order valence-corrected chi connectivity index (χ4v) is 1.91. The molecule has 0 spiro atoms. The summed E-state index contributed by atoms with van der Waals surface area (Å²) in [7, 11) is 0. The summed E-state index contributed by atoms with van der Waals surface area (Å²) in [5.41, 5.74) is 0.891. The summed E-state index contributed by atoms with van der Waals surface area (Å²) in [6.07, 6.45) is 0.703. The van der Waals surface area contributed by atoms with Gasteiger partial charge in [-0.25, -0.2) is 4.98 Å². The van der Waals surface area contributed by atoms with Crippen molar-refractivity contribution in [2.75, 3.05) is 0 Å². The molecule has 4 nitrogen and oxygen atoms in total. The molecule has 1 unspecified atom stereocenters. The monoisotopic (exact) mass is 195 g/mol. The molecule has 0 saturated carbocycles. The predicted octanol–water partition coefficient (Wildman–Crippen LogP) is 1.26. The standard InChI is InChI=1S/C8H9N3OS/c1-5-6(2-3-13-5)7(12)8-9-4-10-11-8/h2-4,7,12H,1H3,(H,9,10,11). The normalized spacial score (nSPS) is 13.1. The van der Waals surface area contributed by atoms with E-state index in [0.29, 0.717) is 5.82 Å². The van der Waals surface area contributed by atoms with Crippen LogP contribution in [0.2, 0.25) is 0 Å². The molecule has 0 saturated heterocycles. The van der Waals surface area contributed by atoms with E-state index in [1.54, 1.807) is 11.3 Å². The number of nitrogens with one attached hydrogen (secondary N) is 1. The molecular weight excluding hydrogens is 186 g/mol. The van der Waals surface area contributed by atoms with E-state index < -0.39 is 6.10 Å². The molecule has 0 aliphatic rings. The number of aromatic nitrogens is 3. The third kappa shape index (κ3) is 1.48. The lowest BCUT2D eigenvalue weighted by atomic mass is 10.1. The van der Waals surface area contributed by atoms with E-state index in [4.69, 9.17) is 0 Å². The quantitative estimate of drug-likeness (QED) is 0.758. The van der Waals surface area contributed by atoms with Crippen LogP contribution in [0.1, 0.15) is 22.4 Å². The summed E-state index contributed by atoms with van der Waals surface area (Å²) in [5, 5.41) is 18.1. The van der Waals surface area contributed by atoms with Crippen LogP contribution in [0.4, 0.5) is 0 Å². The Kier molecular flexibility index (Phi) is 2.12. The Morgan fingerprint density at radius 1 is 1.62 bits per heavy atom. The van der Waals surface area contributed by atoms with E-state index in [2.05, 4.69) is 15.2 Å². The molecule has 0 aliphatic carbocycles. The van der Waals surface area contributed by atoms with Gasteiger partial charge in [0.25, 0.3) is 0 Å². The van der Waals surface area contributed by atoms with Gasteiger partial charge in [-0.2, -0.15) is 5.10 Å². The van der Waals surface area contributed by atoms with E-state index in [1.807, 2.05) is 18.4 Å². The second-order valence-electron chi connectivity index (χ2n) is 2.71. The third-order valence-electron chi connectivity index (χ3n) is 1.89. The van der Waals surface area contributed by atoms with Crippen molar-refractivity contribution in [1.29, 1.82) is 0 Å². The number of rotatable bonds is 2. The van der Waals surface area contributed by atoms with Crippen LogP contribution in [0.5, 0.6) is 0 Å². The molecule has 5 heteroatoms. The van der Waals surface area contributed by atoms with Crippen molar-refractivity contribution in [3.63, 3.8) is 0 Å². The fourth-order valence-electron chi connectivity index (χ4n) is 1.17. The lowest BCUT2D eigenvalue weighted by Crippen LogP contribution is -2.01. The van der Waals surface area contributed by atoms with Gasteiger partial charge in [0, 0.05) is 10.4 Å². The van der Waals surface area contributed by atoms with Gasteiger partial charge < -0.3 is 5.11 Å². The maximum Gasteiger partial charge on any atom is 0.157 e. The zero-order valence-corrected chi connectivity index (χ0v) is 7.88. The zero-order valence-electron chi connectivity index (χ0n) is 7.06. The summed E-state index contributed by atoms with van der Waals surface area (Å²) >= 11 is 1.61. The molecule has 0 aromatic carbocycles. The molecule has 2 N–H and O–H groups in total. The molecule has 0 amide bonds. The molecule has 0 radical (unpaired) electrons. The lowest BCUT2D eigenvalue weighted by molar-refractivity contribution is 0.210. The molecule has 13 heavy (non-hydrogen) atoms. The number of nitrogens with zero attached hydrogens (tertiary/aromatic N) is 2. The number of aromatic amines is 1. The maximum atomic E-state index is 9.82. The van der Waals surface area contributed by atoms with Gasteiger partial charge in [-0.15, -0.1) is 11.3 Å². The van der Waals surface area contributed by atoms with Gasteiger partial charge in [0.2, 0.25) is 0 Å². The fraction of sp³-hybridized carbons (Fsp3) is 0.250. The van der Waals surface area contributed by atoms with Crippen molar-refractivity contribution in [1.82, 2.24) is 15.2 Å². The molecule has 0 bridgehead atoms. The van der Waals surface area contributed by atoms with Crippen LogP contribution in [-0.4, -0.2) is 20.3 Å². The van der Waals surface area contributed by atoms with E-state index >= 15 is 0 Å². The molecule has 1 atom stereocenters. The Morgan fingerprint density at radius 2 is 2.46 bits per heavy atom. The minimum absolute atomic E-state index is 0.488. The summed E-state index contributed by atoms with van der Waals surface area (Å²) in [6, 6.07) is 1.90. The molecule has 68 valence electrons. The van der Waals surface area contributed by atoms with Crippen LogP contribution < -0.4 is 0 Å². The second kappa shape index (κ2) is 3.27. The van der Waals surface area contributed by atoms with Crippen LogP contribution in [0.3, 0.4) is 0 Å². The highest BCUT2D eigenvalue weighted by molar-refractivity contribution is 7.10. The Labute approximate surface area is 79.3 Å². The molecule has 2 aromatic heterocycles. The molecule has 2 aromatic rings. The van der Waals surface area contributed by atoms with Crippen LogP contribution >= 0.6 is 11.3 Å². The molecule has 0 aliphatic heterocycles. The first-order valence-electron chi connectivity index (χ1n) is 3.86. The Hall–Kier alpha value is -1.20. The van der Waals surface area contributed by atoms with Crippen molar-refractivity contribution in [3.8, 4) is 0 Å².